The first kappa shape index (κ1) is 29.9. The molecule has 212 valence electrons. The number of carboxylic acids is 1. The van der Waals surface area contributed by atoms with Crippen molar-refractivity contribution in [2.45, 2.75) is 31.2 Å². The average molecular weight is 560 g/mol. The third-order valence-electron chi connectivity index (χ3n) is 5.96. The van der Waals surface area contributed by atoms with Crippen LogP contribution in [0.1, 0.15) is 34.8 Å². The van der Waals surface area contributed by atoms with Crippen molar-refractivity contribution in [1.29, 1.82) is 0 Å². The number of pyridine rings is 1. The second-order valence-corrected chi connectivity index (χ2v) is 8.67. The summed E-state index contributed by atoms with van der Waals surface area (Å²) in [6.07, 6.45) is -0.196. The summed E-state index contributed by atoms with van der Waals surface area (Å²) >= 11 is 0. The molecule has 1 atom stereocenters. The van der Waals surface area contributed by atoms with E-state index in [-0.39, 0.29) is 17.9 Å². The number of rotatable bonds is 7. The zero-order chi connectivity index (χ0) is 29.1. The fraction of sp³-hybridized carbons (Fsp3) is 0.286. The van der Waals surface area contributed by atoms with E-state index in [1.54, 1.807) is 48.7 Å². The predicted molar refractivity (Wildman–Crippen MR) is 138 cm³/mol. The van der Waals surface area contributed by atoms with Gasteiger partial charge in [-0.3, -0.25) is 14.6 Å². The highest BCUT2D eigenvalue weighted by molar-refractivity contribution is 5.98. The number of alkyl halides is 3. The number of ether oxygens (including phenoxy) is 2. The van der Waals surface area contributed by atoms with Gasteiger partial charge in [-0.1, -0.05) is 30.3 Å². The van der Waals surface area contributed by atoms with E-state index in [0.29, 0.717) is 24.4 Å². The Labute approximate surface area is 228 Å². The minimum Gasteiger partial charge on any atom is -0.497 e. The lowest BCUT2D eigenvalue weighted by atomic mass is 10.0. The van der Waals surface area contributed by atoms with Crippen molar-refractivity contribution in [3.05, 3.63) is 90.3 Å². The molecule has 1 aliphatic heterocycles. The third kappa shape index (κ3) is 8.72. The van der Waals surface area contributed by atoms with Gasteiger partial charge >= 0.3 is 12.1 Å². The largest absolute Gasteiger partial charge is 0.497 e. The number of nitrogens with zero attached hydrogens (tertiary/aromatic N) is 2. The fourth-order valence-electron chi connectivity index (χ4n) is 3.88. The first-order valence-electron chi connectivity index (χ1n) is 12.2. The molecule has 2 heterocycles. The topological polar surface area (TPSA) is 118 Å². The number of nitrogens with one attached hydrogen (secondary N) is 1. The Hall–Kier alpha value is -4.61. The Bertz CT molecular complexity index is 1250. The Balaban J connectivity index is 0.000000559. The molecule has 1 saturated heterocycles. The quantitative estimate of drug-likeness (QED) is 0.444. The molecule has 2 N–H and O–H groups in total. The zero-order valence-corrected chi connectivity index (χ0v) is 21.5. The van der Waals surface area contributed by atoms with Crippen molar-refractivity contribution in [3.63, 3.8) is 0 Å². The number of carbonyl (C=O) groups excluding carboxylic acids is 2. The van der Waals surface area contributed by atoms with E-state index >= 15 is 0 Å². The second-order valence-electron chi connectivity index (χ2n) is 8.67. The van der Waals surface area contributed by atoms with Gasteiger partial charge in [0.15, 0.2) is 0 Å². The summed E-state index contributed by atoms with van der Waals surface area (Å²) in [5, 5.41) is 10.1. The molecule has 2 amide bonds. The SMILES string of the molecule is COc1ccc(C(=O)N[C@@H](C(=O)N2CCC(Oc3ccncc3)CC2)c2ccccc2)cc1.O=C(O)C(F)(F)F. The molecule has 1 aromatic heterocycles. The van der Waals surface area contributed by atoms with Gasteiger partial charge in [0.1, 0.15) is 23.6 Å². The normalized spacial score (nSPS) is 14.2. The number of aliphatic carboxylic acids is 1. The fourth-order valence-corrected chi connectivity index (χ4v) is 3.88. The lowest BCUT2D eigenvalue weighted by Crippen LogP contribution is -2.47. The van der Waals surface area contributed by atoms with Crippen LogP contribution >= 0.6 is 0 Å². The monoisotopic (exact) mass is 559 g/mol. The van der Waals surface area contributed by atoms with Gasteiger partial charge < -0.3 is 24.8 Å². The summed E-state index contributed by atoms with van der Waals surface area (Å²) in [4.78, 5) is 41.1. The highest BCUT2D eigenvalue weighted by Gasteiger charge is 2.38. The molecule has 0 saturated carbocycles. The number of carboxylic acid groups (broad SMARTS) is 1. The van der Waals surface area contributed by atoms with Crippen molar-refractivity contribution in [2.75, 3.05) is 20.2 Å². The van der Waals surface area contributed by atoms with E-state index in [0.717, 1.165) is 24.2 Å². The number of hydrogen-bond donors (Lipinski definition) is 2. The van der Waals surface area contributed by atoms with E-state index in [4.69, 9.17) is 19.4 Å². The second kappa shape index (κ2) is 14.0. The van der Waals surface area contributed by atoms with Crippen molar-refractivity contribution in [3.8, 4) is 11.5 Å². The number of benzene rings is 2. The van der Waals surface area contributed by atoms with Gasteiger partial charge in [0.2, 0.25) is 5.91 Å². The Kier molecular flexibility index (Phi) is 10.5. The highest BCUT2D eigenvalue weighted by atomic mass is 19.4. The molecule has 9 nitrogen and oxygen atoms in total. The van der Waals surface area contributed by atoms with Crippen LogP contribution in [0.25, 0.3) is 0 Å². The zero-order valence-electron chi connectivity index (χ0n) is 21.5. The number of amides is 2. The minimum absolute atomic E-state index is 0.0421. The van der Waals surface area contributed by atoms with Crippen LogP contribution < -0.4 is 14.8 Å². The van der Waals surface area contributed by atoms with Gasteiger partial charge in [0, 0.05) is 43.9 Å². The molecule has 4 rings (SSSR count). The molecule has 0 unspecified atom stereocenters. The lowest BCUT2D eigenvalue weighted by molar-refractivity contribution is -0.192. The minimum atomic E-state index is -5.08. The van der Waals surface area contributed by atoms with Crippen LogP contribution in [-0.2, 0) is 9.59 Å². The van der Waals surface area contributed by atoms with Crippen molar-refractivity contribution in [1.82, 2.24) is 15.2 Å². The van der Waals surface area contributed by atoms with Crippen LogP contribution in [-0.4, -0.2) is 65.3 Å². The first-order chi connectivity index (χ1) is 19.1. The number of piperidine rings is 1. The maximum atomic E-state index is 13.5. The maximum absolute atomic E-state index is 13.5. The molecule has 2 aromatic carbocycles. The maximum Gasteiger partial charge on any atom is 0.490 e. The number of carbonyl (C=O) groups is 3. The lowest BCUT2D eigenvalue weighted by Gasteiger charge is -2.34. The number of halogens is 3. The molecule has 0 aliphatic carbocycles. The average Bonchev–Trinajstić information content (AvgIpc) is 2.97. The Morgan fingerprint density at radius 2 is 1.52 bits per heavy atom. The smallest absolute Gasteiger partial charge is 0.490 e. The van der Waals surface area contributed by atoms with Crippen molar-refractivity contribution >= 4 is 17.8 Å². The Morgan fingerprint density at radius 3 is 2.05 bits per heavy atom. The molecule has 0 radical (unpaired) electrons. The molecular formula is C28H28F3N3O6. The number of likely N-dealkylation sites (tertiary alicyclic amines) is 1. The standard InChI is InChI=1S/C26H27N3O4.C2HF3O2/c1-32-21-9-7-20(8-10-21)25(30)28-24(19-5-3-2-4-6-19)26(31)29-17-13-23(14-18-29)33-22-11-15-27-16-12-22;3-2(4,5)1(6)7/h2-12,15-16,23-24H,13-14,17-18H2,1H3,(H,28,30);(H,6,7)/t24-;/m1./s1. The molecule has 12 heteroatoms. The van der Waals surface area contributed by atoms with Crippen LogP contribution in [0.5, 0.6) is 11.5 Å². The number of aromatic nitrogens is 1. The molecular weight excluding hydrogens is 531 g/mol. The van der Waals surface area contributed by atoms with Gasteiger partial charge in [-0.2, -0.15) is 13.2 Å². The molecule has 3 aromatic rings. The van der Waals surface area contributed by atoms with Crippen LogP contribution in [0.3, 0.4) is 0 Å². The van der Waals surface area contributed by atoms with Crippen LogP contribution in [0.4, 0.5) is 13.2 Å². The van der Waals surface area contributed by atoms with Crippen LogP contribution in [0.2, 0.25) is 0 Å². The van der Waals surface area contributed by atoms with Gasteiger partial charge in [-0.25, -0.2) is 4.79 Å². The summed E-state index contributed by atoms with van der Waals surface area (Å²) in [6, 6.07) is 19.0. The van der Waals surface area contributed by atoms with E-state index in [9.17, 15) is 22.8 Å². The van der Waals surface area contributed by atoms with Gasteiger partial charge in [0.25, 0.3) is 5.91 Å². The predicted octanol–water partition coefficient (Wildman–Crippen LogP) is 4.26. The summed E-state index contributed by atoms with van der Waals surface area (Å²) in [7, 11) is 1.57. The molecule has 1 aliphatic rings. The molecule has 40 heavy (non-hydrogen) atoms. The van der Waals surface area contributed by atoms with E-state index in [2.05, 4.69) is 10.3 Å². The van der Waals surface area contributed by atoms with E-state index < -0.39 is 18.2 Å². The Morgan fingerprint density at radius 1 is 0.950 bits per heavy atom. The van der Waals surface area contributed by atoms with E-state index in [1.165, 1.54) is 0 Å². The summed E-state index contributed by atoms with van der Waals surface area (Å²) in [6.45, 7) is 1.13. The van der Waals surface area contributed by atoms with Gasteiger partial charge in [0.05, 0.1) is 7.11 Å². The summed E-state index contributed by atoms with van der Waals surface area (Å²) < 4.78 is 42.9. The molecule has 0 spiro atoms. The highest BCUT2D eigenvalue weighted by Crippen LogP contribution is 2.23. The van der Waals surface area contributed by atoms with E-state index in [1.807, 2.05) is 42.5 Å². The van der Waals surface area contributed by atoms with Gasteiger partial charge in [-0.15, -0.1) is 0 Å². The number of hydrogen-bond acceptors (Lipinski definition) is 6. The summed E-state index contributed by atoms with van der Waals surface area (Å²) in [5.41, 5.74) is 1.22. The molecule has 1 fully saturated rings. The van der Waals surface area contributed by atoms with Crippen molar-refractivity contribution in [2.24, 2.45) is 0 Å². The van der Waals surface area contributed by atoms with Crippen LogP contribution in [0, 0.1) is 0 Å². The molecule has 0 bridgehead atoms. The van der Waals surface area contributed by atoms with Gasteiger partial charge in [-0.05, 0) is 42.0 Å². The van der Waals surface area contributed by atoms with Crippen molar-refractivity contribution < 1.29 is 42.1 Å². The number of methoxy groups -OCH3 is 1. The third-order valence-corrected chi connectivity index (χ3v) is 5.96. The van der Waals surface area contributed by atoms with Crippen LogP contribution in [0.15, 0.2) is 79.1 Å². The summed E-state index contributed by atoms with van der Waals surface area (Å²) in [5.74, 6) is -1.74. The first-order valence-corrected chi connectivity index (χ1v) is 12.2.